The van der Waals surface area contributed by atoms with Crippen LogP contribution in [0.5, 0.6) is 5.75 Å². The van der Waals surface area contributed by atoms with Gasteiger partial charge in [0.1, 0.15) is 5.75 Å². The summed E-state index contributed by atoms with van der Waals surface area (Å²) in [5.74, 6) is 2.22. The van der Waals surface area contributed by atoms with E-state index in [2.05, 4.69) is 46.0 Å². The molecule has 7 heteroatoms. The molecule has 2 aromatic carbocycles. The van der Waals surface area contributed by atoms with Gasteiger partial charge in [-0.2, -0.15) is 13.2 Å². The van der Waals surface area contributed by atoms with Gasteiger partial charge in [-0.25, -0.2) is 4.79 Å². The molecule has 0 amide bonds. The van der Waals surface area contributed by atoms with Crippen molar-refractivity contribution in [3.05, 3.63) is 70.3 Å². The Morgan fingerprint density at radius 2 is 1.63 bits per heavy atom. The Labute approximate surface area is 243 Å². The SMILES string of the molecule is C[SiH](C)Oc1c(CCC=C(C(=O)O)c2cccc(C(F)(F)F)c2)ccc(C23CC4CC(CC(C4)C2)C3)c1C(C)(C)C. The number of aryl methyl sites for hydroxylation is 1. The van der Waals surface area contributed by atoms with Crippen LogP contribution in [0.3, 0.4) is 0 Å². The van der Waals surface area contributed by atoms with Crippen molar-refractivity contribution < 1.29 is 27.5 Å². The number of allylic oxidation sites excluding steroid dienone is 1. The average Bonchev–Trinajstić information content (AvgIpc) is 2.84. The van der Waals surface area contributed by atoms with Crippen LogP contribution in [-0.2, 0) is 28.2 Å². The zero-order valence-electron chi connectivity index (χ0n) is 24.9. The van der Waals surface area contributed by atoms with E-state index in [1.807, 2.05) is 0 Å². The summed E-state index contributed by atoms with van der Waals surface area (Å²) in [5, 5.41) is 9.86. The third-order valence-corrected chi connectivity index (χ3v) is 10.2. The van der Waals surface area contributed by atoms with Gasteiger partial charge in [-0.3, -0.25) is 0 Å². The summed E-state index contributed by atoms with van der Waals surface area (Å²) in [6, 6.07) is 9.08. The topological polar surface area (TPSA) is 46.5 Å². The largest absolute Gasteiger partial charge is 0.547 e. The number of hydrogen-bond acceptors (Lipinski definition) is 2. The number of carboxylic acids is 1. The van der Waals surface area contributed by atoms with E-state index in [-0.39, 0.29) is 22.0 Å². The van der Waals surface area contributed by atoms with Crippen molar-refractivity contribution in [2.45, 2.75) is 102 Å². The predicted molar refractivity (Wildman–Crippen MR) is 160 cm³/mol. The molecule has 0 aliphatic heterocycles. The highest BCUT2D eigenvalue weighted by Gasteiger charge is 2.53. The fourth-order valence-corrected chi connectivity index (χ4v) is 9.12. The van der Waals surface area contributed by atoms with Crippen molar-refractivity contribution in [2.75, 3.05) is 0 Å². The van der Waals surface area contributed by atoms with Crippen LogP contribution in [0, 0.1) is 17.8 Å². The number of carboxylic acid groups (broad SMARTS) is 1. The van der Waals surface area contributed by atoms with E-state index in [0.29, 0.717) is 12.8 Å². The molecular weight excluding hydrogens is 541 g/mol. The third-order valence-electron chi connectivity index (χ3n) is 9.45. The summed E-state index contributed by atoms with van der Waals surface area (Å²) in [4.78, 5) is 12.1. The van der Waals surface area contributed by atoms with Crippen LogP contribution >= 0.6 is 0 Å². The summed E-state index contributed by atoms with van der Waals surface area (Å²) in [6.07, 6.45) is 5.90. The summed E-state index contributed by atoms with van der Waals surface area (Å²) in [5.41, 5.74) is 3.00. The van der Waals surface area contributed by atoms with Crippen molar-refractivity contribution in [3.63, 3.8) is 0 Å². The van der Waals surface area contributed by atoms with Gasteiger partial charge in [0.25, 0.3) is 0 Å². The Kier molecular flexibility index (Phi) is 7.99. The maximum absolute atomic E-state index is 13.3. The molecular formula is C34H43F3O3Si. The second-order valence-electron chi connectivity index (χ2n) is 14.1. The lowest BCUT2D eigenvalue weighted by Crippen LogP contribution is -2.49. The molecule has 0 heterocycles. The van der Waals surface area contributed by atoms with Gasteiger partial charge in [-0.05, 0) is 122 Å². The van der Waals surface area contributed by atoms with Gasteiger partial charge in [-0.1, -0.05) is 51.1 Å². The third kappa shape index (κ3) is 6.16. The first kappa shape index (κ1) is 29.9. The van der Waals surface area contributed by atoms with Gasteiger partial charge in [0.2, 0.25) is 9.04 Å². The summed E-state index contributed by atoms with van der Waals surface area (Å²) in [6.45, 7) is 11.1. The van der Waals surface area contributed by atoms with Crippen LogP contribution in [0.4, 0.5) is 13.2 Å². The van der Waals surface area contributed by atoms with Crippen molar-refractivity contribution >= 4 is 20.6 Å². The van der Waals surface area contributed by atoms with Crippen molar-refractivity contribution in [1.82, 2.24) is 0 Å². The monoisotopic (exact) mass is 584 g/mol. The molecule has 4 saturated carbocycles. The average molecular weight is 585 g/mol. The van der Waals surface area contributed by atoms with Gasteiger partial charge in [0, 0.05) is 5.56 Å². The molecule has 0 spiro atoms. The molecule has 4 fully saturated rings. The van der Waals surface area contributed by atoms with Gasteiger partial charge in [0.05, 0.1) is 11.1 Å². The molecule has 3 nitrogen and oxygen atoms in total. The van der Waals surface area contributed by atoms with E-state index in [9.17, 15) is 23.1 Å². The van der Waals surface area contributed by atoms with Crippen LogP contribution < -0.4 is 4.43 Å². The Bertz CT molecular complexity index is 1300. The standard InChI is InChI=1S/C34H43F3O3Si/c1-32(2,3)29-28(33-18-21-14-22(19-33)16-23(15-21)20-33)13-12-24(30(29)40-41(4)5)8-7-11-27(31(38)39)25-9-6-10-26(17-25)34(35,36)37/h6,9-13,17,21-23,41H,7-8,14-16,18-20H2,1-5H3,(H,38,39). The molecule has 4 aliphatic carbocycles. The lowest BCUT2D eigenvalue weighted by molar-refractivity contribution is -0.137. The highest BCUT2D eigenvalue weighted by Crippen LogP contribution is 2.62. The van der Waals surface area contributed by atoms with Crippen LogP contribution in [0.2, 0.25) is 13.1 Å². The molecule has 1 N–H and O–H groups in total. The van der Waals surface area contributed by atoms with Gasteiger partial charge in [-0.15, -0.1) is 0 Å². The van der Waals surface area contributed by atoms with Gasteiger partial charge < -0.3 is 9.53 Å². The van der Waals surface area contributed by atoms with Crippen molar-refractivity contribution in [3.8, 4) is 5.75 Å². The fraction of sp³-hybridized carbons (Fsp3) is 0.559. The number of halogens is 3. The molecule has 4 aliphatic rings. The molecule has 6 rings (SSSR count). The van der Waals surface area contributed by atoms with Gasteiger partial charge >= 0.3 is 12.1 Å². The number of alkyl halides is 3. The molecule has 2 aromatic rings. The number of carbonyl (C=O) groups is 1. The first-order valence-corrected chi connectivity index (χ1v) is 17.9. The molecule has 0 atom stereocenters. The highest BCUT2D eigenvalue weighted by atomic mass is 28.3. The van der Waals surface area contributed by atoms with E-state index >= 15 is 0 Å². The summed E-state index contributed by atoms with van der Waals surface area (Å²) in [7, 11) is -1.48. The predicted octanol–water partition coefficient (Wildman–Crippen LogP) is 8.93. The van der Waals surface area contributed by atoms with Crippen LogP contribution in [-0.4, -0.2) is 20.1 Å². The highest BCUT2D eigenvalue weighted by molar-refractivity contribution is 6.49. The van der Waals surface area contributed by atoms with Crippen molar-refractivity contribution in [1.29, 1.82) is 0 Å². The molecule has 41 heavy (non-hydrogen) atoms. The number of rotatable bonds is 8. The number of aliphatic carboxylic acids is 1. The zero-order chi connectivity index (χ0) is 29.7. The van der Waals surface area contributed by atoms with E-state index in [4.69, 9.17) is 4.43 Å². The number of benzene rings is 2. The van der Waals surface area contributed by atoms with Crippen molar-refractivity contribution in [2.24, 2.45) is 17.8 Å². The molecule has 4 bridgehead atoms. The fourth-order valence-electron chi connectivity index (χ4n) is 8.38. The molecule has 0 aromatic heterocycles. The second kappa shape index (κ2) is 10.9. The lowest BCUT2D eigenvalue weighted by Gasteiger charge is -2.58. The molecule has 0 saturated heterocycles. The van der Waals surface area contributed by atoms with E-state index in [1.165, 1.54) is 61.8 Å². The number of hydrogen-bond donors (Lipinski definition) is 1. The van der Waals surface area contributed by atoms with Gasteiger partial charge in [0.15, 0.2) is 0 Å². The molecule has 222 valence electrons. The Hall–Kier alpha value is -2.54. The van der Waals surface area contributed by atoms with Crippen LogP contribution in [0.1, 0.15) is 93.5 Å². The van der Waals surface area contributed by atoms with E-state index < -0.39 is 26.7 Å². The minimum Gasteiger partial charge on any atom is -0.547 e. The summed E-state index contributed by atoms with van der Waals surface area (Å²) < 4.78 is 46.6. The minimum absolute atomic E-state index is 0.0610. The Morgan fingerprint density at radius 1 is 1.02 bits per heavy atom. The van der Waals surface area contributed by atoms with Crippen LogP contribution in [0.25, 0.3) is 5.57 Å². The van der Waals surface area contributed by atoms with E-state index in [0.717, 1.165) is 41.2 Å². The first-order chi connectivity index (χ1) is 19.2. The summed E-state index contributed by atoms with van der Waals surface area (Å²) >= 11 is 0. The second-order valence-corrected chi connectivity index (χ2v) is 16.5. The zero-order valence-corrected chi connectivity index (χ0v) is 26.1. The minimum atomic E-state index is -4.53. The smallest absolute Gasteiger partial charge is 0.416 e. The molecule has 0 radical (unpaired) electrons. The normalized spacial score (nSPS) is 26.1. The first-order valence-electron chi connectivity index (χ1n) is 15.1. The lowest BCUT2D eigenvalue weighted by atomic mass is 9.47. The molecule has 0 unspecified atom stereocenters. The van der Waals surface area contributed by atoms with Crippen LogP contribution in [0.15, 0.2) is 42.5 Å². The Morgan fingerprint density at radius 3 is 2.15 bits per heavy atom. The van der Waals surface area contributed by atoms with E-state index in [1.54, 1.807) is 6.08 Å². The maximum Gasteiger partial charge on any atom is 0.416 e. The Balaban J connectivity index is 1.51. The maximum atomic E-state index is 13.3. The quantitative estimate of drug-likeness (QED) is 0.249.